The van der Waals surface area contributed by atoms with Gasteiger partial charge in [-0.15, -0.1) is 21.5 Å². The van der Waals surface area contributed by atoms with Crippen LogP contribution in [0.4, 0.5) is 9.39 Å². The molecule has 0 radical (unpaired) electrons. The number of ether oxygens (including phenoxy) is 2. The van der Waals surface area contributed by atoms with Gasteiger partial charge in [0.1, 0.15) is 28.7 Å². The van der Waals surface area contributed by atoms with E-state index in [1.807, 2.05) is 47.2 Å². The fourth-order valence-corrected chi connectivity index (χ4v) is 5.51. The van der Waals surface area contributed by atoms with Crippen molar-refractivity contribution in [3.63, 3.8) is 0 Å². The van der Waals surface area contributed by atoms with Gasteiger partial charge in [-0.1, -0.05) is 53.7 Å². The molecule has 0 bridgehead atoms. The number of benzene rings is 2. The Morgan fingerprint density at radius 2 is 1.95 bits per heavy atom. The molecule has 0 saturated carbocycles. The van der Waals surface area contributed by atoms with Gasteiger partial charge in [-0.3, -0.25) is 4.79 Å². The molecule has 4 aromatic rings. The number of rotatable bonds is 11. The van der Waals surface area contributed by atoms with Gasteiger partial charge in [-0.05, 0) is 31.5 Å². The van der Waals surface area contributed by atoms with Gasteiger partial charge in [0.05, 0.1) is 17.4 Å². The van der Waals surface area contributed by atoms with Crippen LogP contribution < -0.4 is 10.1 Å². The Morgan fingerprint density at radius 3 is 2.66 bits per heavy atom. The highest BCUT2D eigenvalue weighted by Crippen LogP contribution is 2.36. The molecular weight excluding hydrogens is 551 g/mol. The summed E-state index contributed by atoms with van der Waals surface area (Å²) in [5.74, 6) is -0.321. The van der Waals surface area contributed by atoms with Crippen molar-refractivity contribution in [3.8, 4) is 16.9 Å². The Bertz CT molecular complexity index is 1430. The van der Waals surface area contributed by atoms with Crippen LogP contribution in [-0.2, 0) is 22.7 Å². The number of anilines is 1. The predicted molar refractivity (Wildman–Crippen MR) is 147 cm³/mol. The smallest absolute Gasteiger partial charge is 0.341 e. The quantitative estimate of drug-likeness (QED) is 0.166. The molecule has 0 atom stereocenters. The number of carbonyl (C=O) groups is 2. The van der Waals surface area contributed by atoms with Crippen LogP contribution in [0.2, 0.25) is 5.02 Å². The number of hydrogen-bond acceptors (Lipinski definition) is 8. The van der Waals surface area contributed by atoms with Gasteiger partial charge in [0, 0.05) is 23.6 Å². The Balaban J connectivity index is 1.42. The molecule has 0 unspecified atom stereocenters. The third-order valence-electron chi connectivity index (χ3n) is 5.31. The van der Waals surface area contributed by atoms with Crippen molar-refractivity contribution >= 4 is 51.6 Å². The van der Waals surface area contributed by atoms with E-state index in [-0.39, 0.29) is 29.9 Å². The fraction of sp³-hybridized carbons (Fsp3) is 0.231. The zero-order valence-electron chi connectivity index (χ0n) is 20.6. The summed E-state index contributed by atoms with van der Waals surface area (Å²) in [6.07, 6.45) is 0. The van der Waals surface area contributed by atoms with Crippen molar-refractivity contribution in [2.45, 2.75) is 32.2 Å². The minimum Gasteiger partial charge on any atom is -0.486 e. The van der Waals surface area contributed by atoms with Crippen LogP contribution in [0.1, 0.15) is 30.0 Å². The van der Waals surface area contributed by atoms with E-state index < -0.39 is 11.8 Å². The molecule has 198 valence electrons. The van der Waals surface area contributed by atoms with Crippen LogP contribution >= 0.6 is 34.7 Å². The van der Waals surface area contributed by atoms with E-state index in [0.29, 0.717) is 39.4 Å². The second-order valence-corrected chi connectivity index (χ2v) is 10.0. The number of aromatic nitrogens is 3. The van der Waals surface area contributed by atoms with Crippen LogP contribution in [-0.4, -0.2) is 39.0 Å². The van der Waals surface area contributed by atoms with E-state index in [4.69, 9.17) is 21.1 Å². The first-order valence-electron chi connectivity index (χ1n) is 11.7. The van der Waals surface area contributed by atoms with Crippen molar-refractivity contribution in [1.29, 1.82) is 0 Å². The molecule has 4 rings (SSSR count). The highest BCUT2D eigenvalue weighted by atomic mass is 35.5. The van der Waals surface area contributed by atoms with Gasteiger partial charge in [0.25, 0.3) is 0 Å². The van der Waals surface area contributed by atoms with E-state index in [1.54, 1.807) is 6.92 Å². The summed E-state index contributed by atoms with van der Waals surface area (Å²) in [6, 6.07) is 13.6. The first-order chi connectivity index (χ1) is 18.4. The molecule has 1 amide bonds. The second-order valence-electron chi connectivity index (χ2n) is 7.78. The summed E-state index contributed by atoms with van der Waals surface area (Å²) in [4.78, 5) is 25.6. The minimum atomic E-state index is -0.527. The summed E-state index contributed by atoms with van der Waals surface area (Å²) < 4.78 is 26.1. The normalized spacial score (nSPS) is 10.8. The average molecular weight is 575 g/mol. The molecule has 38 heavy (non-hydrogen) atoms. The zero-order chi connectivity index (χ0) is 27.1. The maximum atomic E-state index is 13.4. The van der Waals surface area contributed by atoms with E-state index in [9.17, 15) is 14.0 Å². The van der Waals surface area contributed by atoms with Gasteiger partial charge < -0.3 is 19.4 Å². The molecule has 12 heteroatoms. The number of amides is 1. The van der Waals surface area contributed by atoms with E-state index in [2.05, 4.69) is 15.5 Å². The Morgan fingerprint density at radius 1 is 1.16 bits per heavy atom. The molecule has 0 fully saturated rings. The zero-order valence-corrected chi connectivity index (χ0v) is 23.0. The first kappa shape index (κ1) is 27.6. The average Bonchev–Trinajstić information content (AvgIpc) is 3.52. The molecule has 0 aliphatic rings. The van der Waals surface area contributed by atoms with Crippen molar-refractivity contribution in [3.05, 3.63) is 76.1 Å². The van der Waals surface area contributed by atoms with E-state index in [0.717, 1.165) is 5.56 Å². The van der Waals surface area contributed by atoms with Crippen LogP contribution in [0.3, 0.4) is 0 Å². The van der Waals surface area contributed by atoms with Crippen molar-refractivity contribution in [2.24, 2.45) is 0 Å². The van der Waals surface area contributed by atoms with E-state index in [1.165, 1.54) is 41.3 Å². The monoisotopic (exact) mass is 574 g/mol. The number of halogens is 2. The standard InChI is InChI=1S/C26H24ClFN4O4S2/c1-3-32-21(13-36-17-10-11-20(28)19(27)12-17)30-31-26(32)38-15-22(33)29-24-23(25(34)35-4-2)18(14-37-24)16-8-6-5-7-9-16/h5-12,14H,3-4,13,15H2,1-2H3,(H,29,33). The lowest BCUT2D eigenvalue weighted by molar-refractivity contribution is -0.113. The highest BCUT2D eigenvalue weighted by molar-refractivity contribution is 7.99. The lowest BCUT2D eigenvalue weighted by Crippen LogP contribution is -2.17. The number of thioether (sulfide) groups is 1. The van der Waals surface area contributed by atoms with Crippen molar-refractivity contribution in [2.75, 3.05) is 17.7 Å². The van der Waals surface area contributed by atoms with Crippen molar-refractivity contribution < 1.29 is 23.5 Å². The van der Waals surface area contributed by atoms with Crippen LogP contribution in [0.15, 0.2) is 59.1 Å². The molecule has 2 aromatic carbocycles. The summed E-state index contributed by atoms with van der Waals surface area (Å²) in [5.41, 5.74) is 1.89. The maximum absolute atomic E-state index is 13.4. The second kappa shape index (κ2) is 12.9. The molecule has 2 heterocycles. The summed E-state index contributed by atoms with van der Waals surface area (Å²) in [5, 5.41) is 14.0. The van der Waals surface area contributed by atoms with Crippen LogP contribution in [0.25, 0.3) is 11.1 Å². The third-order valence-corrected chi connectivity index (χ3v) is 7.46. The van der Waals surface area contributed by atoms with Gasteiger partial charge >= 0.3 is 5.97 Å². The number of nitrogens with one attached hydrogen (secondary N) is 1. The SMILES string of the molecule is CCOC(=O)c1c(-c2ccccc2)csc1NC(=O)CSc1nnc(COc2ccc(F)c(Cl)c2)n1CC. The first-order valence-corrected chi connectivity index (χ1v) is 13.9. The van der Waals surface area contributed by atoms with Crippen LogP contribution in [0.5, 0.6) is 5.75 Å². The number of hydrogen-bond donors (Lipinski definition) is 1. The number of nitrogens with zero attached hydrogens (tertiary/aromatic N) is 3. The largest absolute Gasteiger partial charge is 0.486 e. The number of carbonyl (C=O) groups excluding carboxylic acids is 2. The molecule has 1 N–H and O–H groups in total. The van der Waals surface area contributed by atoms with Gasteiger partial charge in [-0.25, -0.2) is 9.18 Å². The molecule has 0 saturated heterocycles. The Labute approximate surface area is 232 Å². The summed E-state index contributed by atoms with van der Waals surface area (Å²) in [6.45, 7) is 4.53. The predicted octanol–water partition coefficient (Wildman–Crippen LogP) is 6.31. The number of thiophene rings is 1. The van der Waals surface area contributed by atoms with Gasteiger partial charge in [0.15, 0.2) is 11.0 Å². The molecule has 0 aliphatic carbocycles. The molecule has 2 aromatic heterocycles. The highest BCUT2D eigenvalue weighted by Gasteiger charge is 2.23. The molecule has 0 spiro atoms. The van der Waals surface area contributed by atoms with Gasteiger partial charge in [0.2, 0.25) is 5.91 Å². The van der Waals surface area contributed by atoms with Crippen LogP contribution in [0, 0.1) is 5.82 Å². The molecule has 0 aliphatic heterocycles. The molecule has 8 nitrogen and oxygen atoms in total. The Kier molecular flexibility index (Phi) is 9.38. The van der Waals surface area contributed by atoms with Crippen molar-refractivity contribution in [1.82, 2.24) is 14.8 Å². The lowest BCUT2D eigenvalue weighted by atomic mass is 10.0. The fourth-order valence-electron chi connectivity index (χ4n) is 3.54. The Hall–Kier alpha value is -3.41. The lowest BCUT2D eigenvalue weighted by Gasteiger charge is -2.10. The molecular formula is C26H24ClFN4O4S2. The summed E-state index contributed by atoms with van der Waals surface area (Å²) >= 11 is 8.29. The number of esters is 1. The topological polar surface area (TPSA) is 95.3 Å². The summed E-state index contributed by atoms with van der Waals surface area (Å²) in [7, 11) is 0. The minimum absolute atomic E-state index is 0.0329. The maximum Gasteiger partial charge on any atom is 0.341 e. The van der Waals surface area contributed by atoms with E-state index >= 15 is 0 Å². The third kappa shape index (κ3) is 6.53. The van der Waals surface area contributed by atoms with Gasteiger partial charge in [-0.2, -0.15) is 0 Å².